The van der Waals surface area contributed by atoms with Gasteiger partial charge in [-0.25, -0.2) is 8.42 Å². The van der Waals surface area contributed by atoms with Crippen molar-refractivity contribution in [2.45, 2.75) is 19.3 Å². The molecule has 1 aromatic carbocycles. The molecule has 0 bridgehead atoms. The molecule has 0 atom stereocenters. The van der Waals surface area contributed by atoms with Crippen LogP contribution in [0.25, 0.3) is 0 Å². The van der Waals surface area contributed by atoms with Crippen LogP contribution >= 0.6 is 0 Å². The Morgan fingerprint density at radius 2 is 1.91 bits per heavy atom. The number of piperidine rings is 1. The molecule has 0 aliphatic carbocycles. The normalized spacial score (nSPS) is 15.6. The molecule has 0 spiro atoms. The lowest BCUT2D eigenvalue weighted by Crippen LogP contribution is -2.29. The van der Waals surface area contributed by atoms with Gasteiger partial charge in [-0.1, -0.05) is 0 Å². The lowest BCUT2D eigenvalue weighted by Gasteiger charge is -2.29. The van der Waals surface area contributed by atoms with Crippen LogP contribution in [-0.4, -0.2) is 48.1 Å². The summed E-state index contributed by atoms with van der Waals surface area (Å²) in [5.41, 5.74) is 1.49. The van der Waals surface area contributed by atoms with E-state index in [0.29, 0.717) is 11.4 Å². The van der Waals surface area contributed by atoms with Gasteiger partial charge in [-0.05, 0) is 37.5 Å². The van der Waals surface area contributed by atoms with Gasteiger partial charge in [0, 0.05) is 25.9 Å². The van der Waals surface area contributed by atoms with Crippen molar-refractivity contribution in [2.75, 3.05) is 49.3 Å². The Kier molecular flexibility index (Phi) is 5.90. The second-order valence-electron chi connectivity index (χ2n) is 5.35. The van der Waals surface area contributed by atoms with E-state index < -0.39 is 10.0 Å². The summed E-state index contributed by atoms with van der Waals surface area (Å²) in [7, 11) is -0.441. The number of nitrogens with one attached hydrogen (secondary N) is 1. The Morgan fingerprint density at radius 3 is 2.55 bits per heavy atom. The molecule has 1 aliphatic rings. The summed E-state index contributed by atoms with van der Waals surface area (Å²) in [5.74, 6) is 0.433. The minimum absolute atomic E-state index is 0.0827. The number of ether oxygens (including phenoxy) is 2. The topological polar surface area (TPSA) is 67.9 Å². The number of nitrogens with zero attached hydrogens (tertiary/aromatic N) is 1. The van der Waals surface area contributed by atoms with E-state index in [2.05, 4.69) is 9.62 Å². The number of sulfonamides is 1. The van der Waals surface area contributed by atoms with Gasteiger partial charge in [0.1, 0.15) is 5.75 Å². The molecular weight excluding hydrogens is 304 g/mol. The molecule has 1 fully saturated rings. The van der Waals surface area contributed by atoms with Crippen LogP contribution in [0, 0.1) is 0 Å². The standard InChI is InChI=1S/C15H24N2O4S/c1-20-10-11-22(18,19)16-14-12-13(6-7-15(14)21-2)17-8-4-3-5-9-17/h6-7,12,16H,3-5,8-11H2,1-2H3. The van der Waals surface area contributed by atoms with Crippen LogP contribution in [0.15, 0.2) is 18.2 Å². The van der Waals surface area contributed by atoms with Crippen LogP contribution in [0.3, 0.4) is 0 Å². The number of anilines is 2. The molecule has 124 valence electrons. The van der Waals surface area contributed by atoms with E-state index in [1.165, 1.54) is 33.5 Å². The van der Waals surface area contributed by atoms with Crippen molar-refractivity contribution >= 4 is 21.4 Å². The summed E-state index contributed by atoms with van der Waals surface area (Å²) in [6.07, 6.45) is 3.59. The number of rotatable bonds is 7. The largest absolute Gasteiger partial charge is 0.495 e. The summed E-state index contributed by atoms with van der Waals surface area (Å²) in [6.45, 7) is 2.16. The smallest absolute Gasteiger partial charge is 0.235 e. The highest BCUT2D eigenvalue weighted by Crippen LogP contribution is 2.31. The highest BCUT2D eigenvalue weighted by molar-refractivity contribution is 7.92. The summed E-state index contributed by atoms with van der Waals surface area (Å²) in [5, 5.41) is 0. The van der Waals surface area contributed by atoms with Crippen molar-refractivity contribution in [3.63, 3.8) is 0 Å². The van der Waals surface area contributed by atoms with E-state index in [1.807, 2.05) is 12.1 Å². The first-order valence-corrected chi connectivity index (χ1v) is 9.13. The number of hydrogen-bond donors (Lipinski definition) is 1. The zero-order chi connectivity index (χ0) is 16.0. The van der Waals surface area contributed by atoms with Crippen LogP contribution < -0.4 is 14.4 Å². The maximum Gasteiger partial charge on any atom is 0.235 e. The van der Waals surface area contributed by atoms with Crippen molar-refractivity contribution in [1.82, 2.24) is 0 Å². The maximum absolute atomic E-state index is 12.1. The monoisotopic (exact) mass is 328 g/mol. The van der Waals surface area contributed by atoms with Gasteiger partial charge in [-0.2, -0.15) is 0 Å². The van der Waals surface area contributed by atoms with Crippen molar-refractivity contribution in [1.29, 1.82) is 0 Å². The number of benzene rings is 1. The second-order valence-corrected chi connectivity index (χ2v) is 7.19. The van der Waals surface area contributed by atoms with Crippen LogP contribution in [0.5, 0.6) is 5.75 Å². The molecule has 7 heteroatoms. The van der Waals surface area contributed by atoms with Crippen molar-refractivity contribution < 1.29 is 17.9 Å². The minimum Gasteiger partial charge on any atom is -0.495 e. The van der Waals surface area contributed by atoms with Gasteiger partial charge < -0.3 is 14.4 Å². The molecule has 0 saturated carbocycles. The van der Waals surface area contributed by atoms with E-state index in [0.717, 1.165) is 18.8 Å². The van der Waals surface area contributed by atoms with Crippen LogP contribution in [0.4, 0.5) is 11.4 Å². The van der Waals surface area contributed by atoms with Crippen LogP contribution in [0.1, 0.15) is 19.3 Å². The van der Waals surface area contributed by atoms with Gasteiger partial charge in [-0.3, -0.25) is 4.72 Å². The van der Waals surface area contributed by atoms with Gasteiger partial charge in [-0.15, -0.1) is 0 Å². The second kappa shape index (κ2) is 7.69. The number of methoxy groups -OCH3 is 2. The molecule has 0 unspecified atom stereocenters. The van der Waals surface area contributed by atoms with Gasteiger partial charge in [0.2, 0.25) is 10.0 Å². The third kappa shape index (κ3) is 4.51. The Labute approximate surface area is 132 Å². The lowest BCUT2D eigenvalue weighted by molar-refractivity contribution is 0.217. The number of hydrogen-bond acceptors (Lipinski definition) is 5. The molecule has 1 saturated heterocycles. The Hall–Kier alpha value is -1.47. The summed E-state index contributed by atoms with van der Waals surface area (Å²) < 4.78 is 36.8. The van der Waals surface area contributed by atoms with Gasteiger partial charge >= 0.3 is 0 Å². The van der Waals surface area contributed by atoms with Crippen LogP contribution in [0.2, 0.25) is 0 Å². The first kappa shape index (κ1) is 16.9. The van der Waals surface area contributed by atoms with E-state index in [1.54, 1.807) is 6.07 Å². The highest BCUT2D eigenvalue weighted by Gasteiger charge is 2.17. The molecule has 1 aliphatic heterocycles. The van der Waals surface area contributed by atoms with Gasteiger partial charge in [0.25, 0.3) is 0 Å². The third-order valence-electron chi connectivity index (χ3n) is 3.73. The average Bonchev–Trinajstić information content (AvgIpc) is 2.53. The van der Waals surface area contributed by atoms with E-state index in [9.17, 15) is 8.42 Å². The fourth-order valence-corrected chi connectivity index (χ4v) is 3.52. The first-order valence-electron chi connectivity index (χ1n) is 7.48. The average molecular weight is 328 g/mol. The van der Waals surface area contributed by atoms with Gasteiger partial charge in [0.05, 0.1) is 25.2 Å². The summed E-state index contributed by atoms with van der Waals surface area (Å²) in [4.78, 5) is 2.27. The minimum atomic E-state index is -3.45. The molecular formula is C15H24N2O4S. The summed E-state index contributed by atoms with van der Waals surface area (Å²) >= 11 is 0. The molecule has 6 nitrogen and oxygen atoms in total. The predicted octanol–water partition coefficient (Wildman–Crippen LogP) is 2.07. The Morgan fingerprint density at radius 1 is 1.18 bits per heavy atom. The SMILES string of the molecule is COCCS(=O)(=O)Nc1cc(N2CCCCC2)ccc1OC. The molecule has 2 rings (SSSR count). The van der Waals surface area contributed by atoms with Crippen molar-refractivity contribution in [3.05, 3.63) is 18.2 Å². The highest BCUT2D eigenvalue weighted by atomic mass is 32.2. The van der Waals surface area contributed by atoms with Gasteiger partial charge in [0.15, 0.2) is 0 Å². The Bertz CT molecular complexity index is 583. The van der Waals surface area contributed by atoms with Crippen LogP contribution in [-0.2, 0) is 14.8 Å². The molecule has 1 heterocycles. The molecule has 0 aromatic heterocycles. The van der Waals surface area contributed by atoms with Crippen molar-refractivity contribution in [3.8, 4) is 5.75 Å². The van der Waals surface area contributed by atoms with E-state index >= 15 is 0 Å². The lowest BCUT2D eigenvalue weighted by atomic mass is 10.1. The van der Waals surface area contributed by atoms with E-state index in [-0.39, 0.29) is 12.4 Å². The molecule has 1 N–H and O–H groups in total. The van der Waals surface area contributed by atoms with E-state index in [4.69, 9.17) is 9.47 Å². The third-order valence-corrected chi connectivity index (χ3v) is 4.96. The maximum atomic E-state index is 12.1. The predicted molar refractivity (Wildman–Crippen MR) is 88.3 cm³/mol. The fraction of sp³-hybridized carbons (Fsp3) is 0.600. The first-order chi connectivity index (χ1) is 10.6. The fourth-order valence-electron chi connectivity index (χ4n) is 2.54. The Balaban J connectivity index is 2.20. The zero-order valence-electron chi connectivity index (χ0n) is 13.2. The summed E-state index contributed by atoms with van der Waals surface area (Å²) in [6, 6.07) is 5.61. The quantitative estimate of drug-likeness (QED) is 0.830. The van der Waals surface area contributed by atoms with Crippen molar-refractivity contribution in [2.24, 2.45) is 0 Å². The molecule has 1 aromatic rings. The zero-order valence-corrected chi connectivity index (χ0v) is 14.0. The molecule has 0 radical (unpaired) electrons. The molecule has 22 heavy (non-hydrogen) atoms. The molecule has 0 amide bonds.